The molecule has 0 radical (unpaired) electrons. The zero-order valence-corrected chi connectivity index (χ0v) is 13.5. The van der Waals surface area contributed by atoms with Crippen LogP contribution in [0, 0.1) is 5.92 Å². The minimum atomic E-state index is -3.03. The Morgan fingerprint density at radius 1 is 1.33 bits per heavy atom. The van der Waals surface area contributed by atoms with Gasteiger partial charge in [0.15, 0.2) is 0 Å². The number of hydrogen-bond acceptors (Lipinski definition) is 4. The number of piperidine rings is 1. The van der Waals surface area contributed by atoms with E-state index < -0.39 is 10.0 Å². The van der Waals surface area contributed by atoms with Crippen molar-refractivity contribution in [2.45, 2.75) is 44.7 Å². The first-order chi connectivity index (χ1) is 9.93. The van der Waals surface area contributed by atoms with Gasteiger partial charge in [-0.3, -0.25) is 0 Å². The number of sulfonamides is 1. The van der Waals surface area contributed by atoms with Gasteiger partial charge in [-0.25, -0.2) is 12.7 Å². The highest BCUT2D eigenvalue weighted by atomic mass is 32.2. The molecular weight excluding hydrogens is 288 g/mol. The number of furan rings is 1. The molecule has 3 rings (SSSR count). The highest BCUT2D eigenvalue weighted by molar-refractivity contribution is 7.88. The lowest BCUT2D eigenvalue weighted by atomic mass is 10.1. The third-order valence-corrected chi connectivity index (χ3v) is 5.95. The maximum atomic E-state index is 11.5. The second-order valence-electron chi connectivity index (χ2n) is 6.44. The van der Waals surface area contributed by atoms with Crippen molar-refractivity contribution in [2.75, 3.05) is 19.3 Å². The number of hydrogen-bond donors (Lipinski definition) is 1. The molecule has 1 saturated heterocycles. The smallest absolute Gasteiger partial charge is 0.211 e. The fourth-order valence-corrected chi connectivity index (χ4v) is 3.92. The van der Waals surface area contributed by atoms with Gasteiger partial charge in [0.05, 0.1) is 12.8 Å². The molecule has 2 atom stereocenters. The van der Waals surface area contributed by atoms with Gasteiger partial charge in [0, 0.05) is 25.0 Å². The SMILES string of the molecule is C[C@H]1C[C@@H]1c1ccc(CNC2CCN(S(C)(=O)=O)CC2)o1. The Bertz CT molecular complexity index is 588. The first-order valence-corrected chi connectivity index (χ1v) is 9.55. The van der Waals surface area contributed by atoms with Crippen LogP contribution in [0.2, 0.25) is 0 Å². The van der Waals surface area contributed by atoms with Gasteiger partial charge >= 0.3 is 0 Å². The van der Waals surface area contributed by atoms with Crippen LogP contribution in [0.5, 0.6) is 0 Å². The van der Waals surface area contributed by atoms with Crippen LogP contribution < -0.4 is 5.32 Å². The van der Waals surface area contributed by atoms with Crippen LogP contribution in [-0.4, -0.2) is 38.1 Å². The Balaban J connectivity index is 1.45. The highest BCUT2D eigenvalue weighted by Crippen LogP contribution is 2.47. The summed E-state index contributed by atoms with van der Waals surface area (Å²) in [6.45, 7) is 4.20. The molecule has 0 spiro atoms. The average Bonchev–Trinajstić information content (AvgIpc) is 2.99. The van der Waals surface area contributed by atoms with Crippen molar-refractivity contribution >= 4 is 10.0 Å². The lowest BCUT2D eigenvalue weighted by molar-refractivity contribution is 0.284. The van der Waals surface area contributed by atoms with Crippen LogP contribution in [0.15, 0.2) is 16.5 Å². The molecule has 1 aromatic heterocycles. The molecule has 1 aliphatic carbocycles. The van der Waals surface area contributed by atoms with Gasteiger partial charge in [-0.15, -0.1) is 0 Å². The van der Waals surface area contributed by atoms with E-state index in [4.69, 9.17) is 4.42 Å². The number of nitrogens with zero attached hydrogens (tertiary/aromatic N) is 1. The molecule has 2 heterocycles. The van der Waals surface area contributed by atoms with E-state index in [2.05, 4.69) is 24.4 Å². The first-order valence-electron chi connectivity index (χ1n) is 7.70. The molecular formula is C15H24N2O3S. The van der Waals surface area contributed by atoms with Crippen LogP contribution >= 0.6 is 0 Å². The third-order valence-electron chi connectivity index (χ3n) is 4.65. The van der Waals surface area contributed by atoms with Crippen molar-refractivity contribution in [3.63, 3.8) is 0 Å². The van der Waals surface area contributed by atoms with E-state index in [-0.39, 0.29) is 0 Å². The van der Waals surface area contributed by atoms with E-state index in [1.54, 1.807) is 4.31 Å². The maximum Gasteiger partial charge on any atom is 0.211 e. The summed E-state index contributed by atoms with van der Waals surface area (Å²) in [5.74, 6) is 3.48. The highest BCUT2D eigenvalue weighted by Gasteiger charge is 2.36. The molecule has 5 nitrogen and oxygen atoms in total. The molecule has 1 saturated carbocycles. The summed E-state index contributed by atoms with van der Waals surface area (Å²) in [6, 6.07) is 4.52. The van der Waals surface area contributed by atoms with Crippen LogP contribution in [0.3, 0.4) is 0 Å². The zero-order valence-electron chi connectivity index (χ0n) is 12.7. The topological polar surface area (TPSA) is 62.6 Å². The van der Waals surface area contributed by atoms with Crippen molar-refractivity contribution in [1.29, 1.82) is 0 Å². The maximum absolute atomic E-state index is 11.5. The van der Waals surface area contributed by atoms with E-state index in [9.17, 15) is 8.42 Å². The first kappa shape index (κ1) is 15.1. The average molecular weight is 312 g/mol. The summed E-state index contributed by atoms with van der Waals surface area (Å²) in [5, 5.41) is 3.48. The van der Waals surface area contributed by atoms with Gasteiger partial charge in [0.1, 0.15) is 11.5 Å². The number of nitrogens with one attached hydrogen (secondary N) is 1. The van der Waals surface area contributed by atoms with E-state index in [0.29, 0.717) is 25.0 Å². The summed E-state index contributed by atoms with van der Waals surface area (Å²) < 4.78 is 30.4. The molecule has 0 bridgehead atoms. The standard InChI is InChI=1S/C15H24N2O3S/c1-11-9-14(11)15-4-3-13(20-15)10-16-12-5-7-17(8-6-12)21(2,18)19/h3-4,11-12,14,16H,5-10H2,1-2H3/t11-,14-/m0/s1. The van der Waals surface area contributed by atoms with Crippen LogP contribution in [0.4, 0.5) is 0 Å². The minimum Gasteiger partial charge on any atom is -0.464 e. The van der Waals surface area contributed by atoms with Gasteiger partial charge in [0.25, 0.3) is 0 Å². The Kier molecular flexibility index (Phi) is 4.12. The van der Waals surface area contributed by atoms with E-state index >= 15 is 0 Å². The van der Waals surface area contributed by atoms with Gasteiger partial charge in [-0.2, -0.15) is 0 Å². The fraction of sp³-hybridized carbons (Fsp3) is 0.733. The summed E-state index contributed by atoms with van der Waals surface area (Å²) >= 11 is 0. The molecule has 6 heteroatoms. The van der Waals surface area contributed by atoms with Crippen molar-refractivity contribution in [1.82, 2.24) is 9.62 Å². The van der Waals surface area contributed by atoms with Gasteiger partial charge in [-0.05, 0) is 37.3 Å². The lowest BCUT2D eigenvalue weighted by Gasteiger charge is -2.30. The second-order valence-corrected chi connectivity index (χ2v) is 8.42. The van der Waals surface area contributed by atoms with Gasteiger partial charge < -0.3 is 9.73 Å². The molecule has 2 fully saturated rings. The second kappa shape index (κ2) is 5.74. The number of rotatable bonds is 5. The zero-order chi connectivity index (χ0) is 15.0. The Labute approximate surface area is 126 Å². The molecule has 0 amide bonds. The van der Waals surface area contributed by atoms with E-state index in [1.165, 1.54) is 12.7 Å². The van der Waals surface area contributed by atoms with E-state index in [1.807, 2.05) is 0 Å². The Hall–Kier alpha value is -0.850. The van der Waals surface area contributed by atoms with Crippen molar-refractivity contribution < 1.29 is 12.8 Å². The van der Waals surface area contributed by atoms with Crippen molar-refractivity contribution in [3.05, 3.63) is 23.7 Å². The third kappa shape index (κ3) is 3.67. The molecule has 1 N–H and O–H groups in total. The summed E-state index contributed by atoms with van der Waals surface area (Å²) in [4.78, 5) is 0. The molecule has 1 aromatic rings. The lowest BCUT2D eigenvalue weighted by Crippen LogP contribution is -2.44. The largest absolute Gasteiger partial charge is 0.464 e. The van der Waals surface area contributed by atoms with Crippen LogP contribution in [-0.2, 0) is 16.6 Å². The fourth-order valence-electron chi connectivity index (χ4n) is 3.04. The monoisotopic (exact) mass is 312 g/mol. The minimum absolute atomic E-state index is 0.372. The molecule has 2 aliphatic rings. The summed E-state index contributed by atoms with van der Waals surface area (Å²) in [6.07, 6.45) is 4.24. The van der Waals surface area contributed by atoms with E-state index in [0.717, 1.165) is 36.8 Å². The van der Waals surface area contributed by atoms with Gasteiger partial charge in [-0.1, -0.05) is 6.92 Å². The normalized spacial score (nSPS) is 27.9. The predicted molar refractivity (Wildman–Crippen MR) is 81.5 cm³/mol. The van der Waals surface area contributed by atoms with Crippen molar-refractivity contribution in [3.8, 4) is 0 Å². The molecule has 21 heavy (non-hydrogen) atoms. The summed E-state index contributed by atoms with van der Waals surface area (Å²) in [5.41, 5.74) is 0. The molecule has 1 aliphatic heterocycles. The van der Waals surface area contributed by atoms with Crippen molar-refractivity contribution in [2.24, 2.45) is 5.92 Å². The molecule has 0 unspecified atom stereocenters. The predicted octanol–water partition coefficient (Wildman–Crippen LogP) is 1.92. The van der Waals surface area contributed by atoms with Crippen LogP contribution in [0.25, 0.3) is 0 Å². The Morgan fingerprint density at radius 2 is 2.00 bits per heavy atom. The Morgan fingerprint density at radius 3 is 2.57 bits per heavy atom. The van der Waals surface area contributed by atoms with Gasteiger partial charge in [0.2, 0.25) is 10.0 Å². The quantitative estimate of drug-likeness (QED) is 0.902. The van der Waals surface area contributed by atoms with Crippen LogP contribution in [0.1, 0.15) is 43.6 Å². The summed E-state index contributed by atoms with van der Waals surface area (Å²) in [7, 11) is -3.03. The molecule has 0 aromatic carbocycles. The molecule has 118 valence electrons.